The fourth-order valence-corrected chi connectivity index (χ4v) is 3.37. The van der Waals surface area contributed by atoms with Gasteiger partial charge in [-0.3, -0.25) is 14.8 Å². The number of para-hydroxylation sites is 1. The van der Waals surface area contributed by atoms with Crippen molar-refractivity contribution in [3.05, 3.63) is 89.5 Å². The summed E-state index contributed by atoms with van der Waals surface area (Å²) < 4.78 is 5.38. The first-order chi connectivity index (χ1) is 16.0. The molecule has 8 heteroatoms. The van der Waals surface area contributed by atoms with Gasteiger partial charge in [-0.2, -0.15) is 0 Å². The minimum atomic E-state index is -1.01. The summed E-state index contributed by atoms with van der Waals surface area (Å²) in [5.74, 6) is -0.343. The molecule has 0 saturated heterocycles. The van der Waals surface area contributed by atoms with Gasteiger partial charge < -0.3 is 21.1 Å². The van der Waals surface area contributed by atoms with E-state index in [1.54, 1.807) is 19.2 Å². The van der Waals surface area contributed by atoms with Crippen LogP contribution in [0.1, 0.15) is 21.5 Å². The van der Waals surface area contributed by atoms with Crippen LogP contribution in [0, 0.1) is 0 Å². The summed E-state index contributed by atoms with van der Waals surface area (Å²) in [6.45, 7) is 1.30. The third-order valence-electron chi connectivity index (χ3n) is 5.24. The van der Waals surface area contributed by atoms with Gasteiger partial charge in [0, 0.05) is 30.8 Å². The Labute approximate surface area is 192 Å². The highest BCUT2D eigenvalue weighted by Crippen LogP contribution is 2.21. The van der Waals surface area contributed by atoms with Crippen molar-refractivity contribution in [2.75, 3.05) is 13.7 Å². The highest BCUT2D eigenvalue weighted by molar-refractivity contribution is 5.97. The minimum Gasteiger partial charge on any atom is -0.496 e. The van der Waals surface area contributed by atoms with E-state index < -0.39 is 17.9 Å². The van der Waals surface area contributed by atoms with Gasteiger partial charge in [-0.1, -0.05) is 54.6 Å². The summed E-state index contributed by atoms with van der Waals surface area (Å²) in [5, 5.41) is 14.6. The Morgan fingerprint density at radius 2 is 1.58 bits per heavy atom. The Morgan fingerprint density at radius 1 is 0.939 bits per heavy atom. The van der Waals surface area contributed by atoms with Crippen LogP contribution in [-0.2, 0) is 17.9 Å². The normalized spacial score (nSPS) is 11.5. The first-order valence-electron chi connectivity index (χ1n) is 10.5. The zero-order valence-electron chi connectivity index (χ0n) is 18.4. The van der Waals surface area contributed by atoms with Gasteiger partial charge in [-0.05, 0) is 34.9 Å². The number of hydrogen-bond donors (Lipinski definition) is 5. The maximum absolute atomic E-state index is 12.3. The summed E-state index contributed by atoms with van der Waals surface area (Å²) in [7, 11) is 1.67. The fraction of sp³-hybridized carbons (Fsp3) is 0.200. The van der Waals surface area contributed by atoms with Crippen LogP contribution in [0.4, 0.5) is 0 Å². The molecule has 3 aromatic carbocycles. The van der Waals surface area contributed by atoms with Crippen LogP contribution < -0.4 is 26.6 Å². The molecule has 0 radical (unpaired) electrons. The van der Waals surface area contributed by atoms with Crippen LogP contribution in [0.15, 0.2) is 72.8 Å². The molecule has 0 unspecified atom stereocenters. The van der Waals surface area contributed by atoms with Crippen molar-refractivity contribution < 1.29 is 19.5 Å². The zero-order valence-corrected chi connectivity index (χ0v) is 18.4. The second kappa shape index (κ2) is 11.8. The van der Waals surface area contributed by atoms with Crippen LogP contribution in [0.3, 0.4) is 0 Å². The van der Waals surface area contributed by atoms with Gasteiger partial charge in [0.05, 0.1) is 7.11 Å². The number of ether oxygens (including phenoxy) is 1. The Morgan fingerprint density at radius 3 is 2.18 bits per heavy atom. The molecular formula is C25H28N4O4. The number of amides is 2. The second-order valence-corrected chi connectivity index (χ2v) is 7.43. The quantitative estimate of drug-likeness (QED) is 0.239. The lowest BCUT2D eigenvalue weighted by Gasteiger charge is -2.14. The minimum absolute atomic E-state index is 0.129. The molecule has 6 N–H and O–H groups in total. The van der Waals surface area contributed by atoms with E-state index in [0.717, 1.165) is 34.5 Å². The summed E-state index contributed by atoms with van der Waals surface area (Å²) in [6.07, 6.45) is 0. The fourth-order valence-electron chi connectivity index (χ4n) is 3.37. The largest absolute Gasteiger partial charge is 0.496 e. The maximum Gasteiger partial charge on any atom is 0.267 e. The van der Waals surface area contributed by atoms with Crippen LogP contribution in [0.5, 0.6) is 5.75 Å². The standard InChI is InChI=1S/C25H28N4O4/c1-33-23-5-3-2-4-21(23)16-27-15-17-6-8-18(9-7-17)19-10-12-20(13-11-19)24(30)28-22(14-26)25(31)29-32/h2-13,22,27,32H,14-16,26H2,1H3,(H,28,30)(H,29,31)/t22-/m0/s1. The molecule has 0 spiro atoms. The van der Waals surface area contributed by atoms with Crippen molar-refractivity contribution in [2.24, 2.45) is 5.73 Å². The second-order valence-electron chi connectivity index (χ2n) is 7.43. The molecule has 1 atom stereocenters. The molecule has 172 valence electrons. The lowest BCUT2D eigenvalue weighted by molar-refractivity contribution is -0.130. The lowest BCUT2D eigenvalue weighted by Crippen LogP contribution is -2.50. The molecule has 0 bridgehead atoms. The molecule has 0 aliphatic carbocycles. The van der Waals surface area contributed by atoms with Crippen molar-refractivity contribution in [3.63, 3.8) is 0 Å². The van der Waals surface area contributed by atoms with E-state index in [0.29, 0.717) is 12.1 Å². The van der Waals surface area contributed by atoms with E-state index in [2.05, 4.69) is 22.8 Å². The molecule has 33 heavy (non-hydrogen) atoms. The van der Waals surface area contributed by atoms with Gasteiger partial charge in [0.2, 0.25) is 0 Å². The monoisotopic (exact) mass is 448 g/mol. The number of methoxy groups -OCH3 is 1. The van der Waals surface area contributed by atoms with Crippen LogP contribution >= 0.6 is 0 Å². The number of nitrogens with one attached hydrogen (secondary N) is 3. The van der Waals surface area contributed by atoms with Crippen molar-refractivity contribution >= 4 is 11.8 Å². The maximum atomic E-state index is 12.3. The zero-order chi connectivity index (χ0) is 23.6. The summed E-state index contributed by atoms with van der Waals surface area (Å²) in [5.41, 5.74) is 11.6. The molecule has 0 heterocycles. The van der Waals surface area contributed by atoms with Crippen LogP contribution in [0.2, 0.25) is 0 Å². The molecule has 0 aliphatic heterocycles. The Kier molecular flexibility index (Phi) is 8.54. The van der Waals surface area contributed by atoms with Crippen molar-refractivity contribution in [1.29, 1.82) is 0 Å². The predicted octanol–water partition coefficient (Wildman–Crippen LogP) is 2.21. The van der Waals surface area contributed by atoms with Gasteiger partial charge in [0.15, 0.2) is 0 Å². The van der Waals surface area contributed by atoms with Gasteiger partial charge >= 0.3 is 0 Å². The molecule has 0 fully saturated rings. The molecule has 0 saturated carbocycles. The van der Waals surface area contributed by atoms with E-state index >= 15 is 0 Å². The van der Waals surface area contributed by atoms with Crippen LogP contribution in [0.25, 0.3) is 11.1 Å². The SMILES string of the molecule is COc1ccccc1CNCc1ccc(-c2ccc(C(=O)N[C@@H](CN)C(=O)NO)cc2)cc1. The predicted molar refractivity (Wildman–Crippen MR) is 126 cm³/mol. The van der Waals surface area contributed by atoms with Crippen molar-refractivity contribution in [1.82, 2.24) is 16.1 Å². The van der Waals surface area contributed by atoms with Gasteiger partial charge in [-0.25, -0.2) is 5.48 Å². The summed E-state index contributed by atoms with van der Waals surface area (Å²) >= 11 is 0. The molecule has 2 amide bonds. The van der Waals surface area contributed by atoms with Crippen molar-refractivity contribution in [2.45, 2.75) is 19.1 Å². The van der Waals surface area contributed by atoms with E-state index in [-0.39, 0.29) is 6.54 Å². The number of carbonyl (C=O) groups is 2. The first-order valence-corrected chi connectivity index (χ1v) is 10.5. The molecule has 0 aliphatic rings. The summed E-state index contributed by atoms with van der Waals surface area (Å²) in [4.78, 5) is 23.8. The van der Waals surface area contributed by atoms with E-state index in [1.165, 1.54) is 5.48 Å². The average Bonchev–Trinajstić information content (AvgIpc) is 2.87. The Hall–Kier alpha value is -3.72. The number of carbonyl (C=O) groups excluding carboxylic acids is 2. The number of hydrogen-bond acceptors (Lipinski definition) is 6. The number of hydroxylamine groups is 1. The Bertz CT molecular complexity index is 1070. The third kappa shape index (κ3) is 6.39. The molecular weight excluding hydrogens is 420 g/mol. The lowest BCUT2D eigenvalue weighted by atomic mass is 10.0. The average molecular weight is 449 g/mol. The Balaban J connectivity index is 1.57. The van der Waals surface area contributed by atoms with Gasteiger partial charge in [-0.15, -0.1) is 0 Å². The smallest absolute Gasteiger partial charge is 0.267 e. The molecule has 3 aromatic rings. The van der Waals surface area contributed by atoms with Gasteiger partial charge in [0.25, 0.3) is 11.8 Å². The van der Waals surface area contributed by atoms with E-state index in [9.17, 15) is 9.59 Å². The van der Waals surface area contributed by atoms with E-state index in [1.807, 2.05) is 48.5 Å². The van der Waals surface area contributed by atoms with E-state index in [4.69, 9.17) is 15.7 Å². The number of benzene rings is 3. The molecule has 0 aromatic heterocycles. The highest BCUT2D eigenvalue weighted by atomic mass is 16.5. The first kappa shape index (κ1) is 23.9. The number of rotatable bonds is 10. The molecule has 8 nitrogen and oxygen atoms in total. The highest BCUT2D eigenvalue weighted by Gasteiger charge is 2.19. The van der Waals surface area contributed by atoms with Gasteiger partial charge in [0.1, 0.15) is 11.8 Å². The summed E-state index contributed by atoms with van der Waals surface area (Å²) in [6, 6.07) is 22.1. The number of nitrogens with two attached hydrogens (primary N) is 1. The topological polar surface area (TPSA) is 126 Å². The third-order valence-corrected chi connectivity index (χ3v) is 5.24. The molecule has 3 rings (SSSR count). The van der Waals surface area contributed by atoms with Crippen molar-refractivity contribution in [3.8, 4) is 16.9 Å². The van der Waals surface area contributed by atoms with Crippen LogP contribution in [-0.4, -0.2) is 36.7 Å².